The number of aromatic hydroxyl groups is 5. The van der Waals surface area contributed by atoms with Gasteiger partial charge >= 0.3 is 0 Å². The molecule has 0 saturated heterocycles. The van der Waals surface area contributed by atoms with E-state index < -0.39 is 13.2 Å². The number of phenolic OH excluding ortho intramolecular Hbond substituents is 3. The highest BCUT2D eigenvalue weighted by atomic mass is 35.5. The first-order valence-corrected chi connectivity index (χ1v) is 16.4. The lowest BCUT2D eigenvalue weighted by Crippen LogP contribution is -2.00. The molecule has 5 rings (SSSR count). The van der Waals surface area contributed by atoms with Crippen molar-refractivity contribution in [3.05, 3.63) is 141 Å². The van der Waals surface area contributed by atoms with Gasteiger partial charge in [0.1, 0.15) is 28.7 Å². The summed E-state index contributed by atoms with van der Waals surface area (Å²) in [5, 5.41) is 75.7. The summed E-state index contributed by atoms with van der Waals surface area (Å²) in [6.45, 7) is -0.846. The number of benzene rings is 5. The molecule has 0 amide bonds. The molecule has 0 spiro atoms. The Morgan fingerprint density at radius 1 is 0.292 bits per heavy atom. The number of hydrogen-bond donors (Lipinski definition) is 7. The number of rotatable bonds is 10. The number of hydrogen-bond acceptors (Lipinski definition) is 7. The largest absolute Gasteiger partial charge is 0.507 e. The van der Waals surface area contributed by atoms with Crippen molar-refractivity contribution in [3.8, 4) is 28.7 Å². The van der Waals surface area contributed by atoms with Crippen molar-refractivity contribution in [3.63, 3.8) is 0 Å². The number of aliphatic hydroxyl groups is 2. The molecule has 48 heavy (non-hydrogen) atoms. The Bertz CT molecular complexity index is 1890. The normalized spacial score (nSPS) is 11.3. The molecule has 0 saturated carbocycles. The monoisotopic (exact) mass is 748 g/mol. The van der Waals surface area contributed by atoms with E-state index in [9.17, 15) is 35.7 Å². The van der Waals surface area contributed by atoms with Gasteiger partial charge in [-0.05, 0) is 60.7 Å². The van der Waals surface area contributed by atoms with Gasteiger partial charge in [-0.3, -0.25) is 0 Å². The summed E-state index contributed by atoms with van der Waals surface area (Å²) in [7, 11) is 0. The van der Waals surface area contributed by atoms with Crippen LogP contribution in [0.25, 0.3) is 0 Å². The Morgan fingerprint density at radius 3 is 0.604 bits per heavy atom. The SMILES string of the molecule is OCc1cc(Cl)cc(Cc2cc(Cl)cc(Cc3cc(Cl)cc(Cc4cc(Cl)cc(Cc5cc(Cl)cc(CO)c5O)c4O)c3O)c2O)c1O. The van der Waals surface area contributed by atoms with E-state index in [1.807, 2.05) is 0 Å². The van der Waals surface area contributed by atoms with E-state index in [4.69, 9.17) is 58.0 Å². The number of aliphatic hydroxyl groups excluding tert-OH is 2. The Morgan fingerprint density at radius 2 is 0.438 bits per heavy atom. The zero-order chi connectivity index (χ0) is 34.9. The average molecular weight is 751 g/mol. The fourth-order valence-corrected chi connectivity index (χ4v) is 7.04. The molecule has 5 aromatic carbocycles. The summed E-state index contributed by atoms with van der Waals surface area (Å²) in [5.41, 5.74) is 3.50. The van der Waals surface area contributed by atoms with E-state index in [1.54, 1.807) is 36.4 Å². The van der Waals surface area contributed by atoms with Gasteiger partial charge in [0.05, 0.1) is 13.2 Å². The highest BCUT2D eigenvalue weighted by molar-refractivity contribution is 6.32. The highest BCUT2D eigenvalue weighted by Gasteiger charge is 2.20. The minimum atomic E-state index is -0.423. The van der Waals surface area contributed by atoms with Crippen LogP contribution < -0.4 is 0 Å². The van der Waals surface area contributed by atoms with Crippen LogP contribution in [0.1, 0.15) is 55.6 Å². The smallest absolute Gasteiger partial charge is 0.124 e. The molecule has 0 bridgehead atoms. The molecule has 0 fully saturated rings. The first-order chi connectivity index (χ1) is 22.8. The fraction of sp³-hybridized carbons (Fsp3) is 0.167. The second-order valence-corrected chi connectivity index (χ2v) is 13.6. The molecule has 0 aliphatic rings. The quantitative estimate of drug-likeness (QED) is 0.0757. The van der Waals surface area contributed by atoms with Crippen LogP contribution in [0, 0.1) is 0 Å². The lowest BCUT2D eigenvalue weighted by atomic mass is 9.93. The maximum Gasteiger partial charge on any atom is 0.124 e. The van der Waals surface area contributed by atoms with Crippen molar-refractivity contribution in [1.29, 1.82) is 0 Å². The van der Waals surface area contributed by atoms with Crippen molar-refractivity contribution in [1.82, 2.24) is 0 Å². The maximum absolute atomic E-state index is 11.4. The van der Waals surface area contributed by atoms with Crippen molar-refractivity contribution in [2.24, 2.45) is 0 Å². The van der Waals surface area contributed by atoms with Gasteiger partial charge < -0.3 is 35.7 Å². The van der Waals surface area contributed by atoms with Crippen molar-refractivity contribution in [2.75, 3.05) is 0 Å². The van der Waals surface area contributed by atoms with Crippen LogP contribution in [0.5, 0.6) is 28.7 Å². The van der Waals surface area contributed by atoms with E-state index >= 15 is 0 Å². The van der Waals surface area contributed by atoms with Crippen LogP contribution in [0.4, 0.5) is 0 Å². The van der Waals surface area contributed by atoms with Crippen LogP contribution in [0.3, 0.4) is 0 Å². The molecule has 0 aliphatic carbocycles. The molecule has 0 unspecified atom stereocenters. The zero-order valence-electron chi connectivity index (χ0n) is 25.0. The Kier molecular flexibility index (Phi) is 11.1. The molecule has 0 aliphatic heterocycles. The minimum Gasteiger partial charge on any atom is -0.507 e. The molecule has 7 N–H and O–H groups in total. The topological polar surface area (TPSA) is 142 Å². The third-order valence-electron chi connectivity index (χ3n) is 8.03. The van der Waals surface area contributed by atoms with Crippen molar-refractivity contribution >= 4 is 58.0 Å². The van der Waals surface area contributed by atoms with Crippen LogP contribution >= 0.6 is 58.0 Å². The average Bonchev–Trinajstić information content (AvgIpc) is 3.02. The minimum absolute atomic E-state index is 0.0240. The first kappa shape index (κ1) is 35.8. The standard InChI is InChI=1S/C36H29Cl5O7/c37-27-5-17(1-19-7-28(38)9-21(33(19)45)3-23-11-30(40)13-25(15-42)35(23)47)32(44)18(6-27)2-20-8-29(39)10-22(34(20)46)4-24-12-31(41)14-26(16-43)36(24)48/h5-14,42-48H,1-4,15-16H2. The summed E-state index contributed by atoms with van der Waals surface area (Å²) in [6, 6.07) is 15.3. The molecule has 12 heteroatoms. The summed E-state index contributed by atoms with van der Waals surface area (Å²) < 4.78 is 0. The molecule has 0 radical (unpaired) electrons. The second-order valence-electron chi connectivity index (χ2n) is 11.4. The molecule has 0 heterocycles. The van der Waals surface area contributed by atoms with Gasteiger partial charge in [0.2, 0.25) is 0 Å². The fourth-order valence-electron chi connectivity index (χ4n) is 5.73. The van der Waals surface area contributed by atoms with Gasteiger partial charge in [0.25, 0.3) is 0 Å². The second kappa shape index (κ2) is 14.9. The predicted molar refractivity (Wildman–Crippen MR) is 189 cm³/mol. The summed E-state index contributed by atoms with van der Waals surface area (Å²) in [6.07, 6.45) is 0.152. The molecular weight excluding hydrogens is 722 g/mol. The van der Waals surface area contributed by atoms with Gasteiger partial charge in [-0.1, -0.05) is 58.0 Å². The third kappa shape index (κ3) is 7.85. The lowest BCUT2D eigenvalue weighted by molar-refractivity contribution is 0.275. The van der Waals surface area contributed by atoms with E-state index in [1.165, 1.54) is 24.3 Å². The summed E-state index contributed by atoms with van der Waals surface area (Å²) in [4.78, 5) is 0. The van der Waals surface area contributed by atoms with Gasteiger partial charge in [0.15, 0.2) is 0 Å². The van der Waals surface area contributed by atoms with Crippen LogP contribution in [-0.4, -0.2) is 35.7 Å². The van der Waals surface area contributed by atoms with E-state index in [0.29, 0.717) is 69.6 Å². The van der Waals surface area contributed by atoms with Crippen LogP contribution in [0.15, 0.2) is 60.7 Å². The molecule has 7 nitrogen and oxygen atoms in total. The summed E-state index contributed by atoms with van der Waals surface area (Å²) >= 11 is 31.7. The van der Waals surface area contributed by atoms with E-state index in [-0.39, 0.29) is 65.6 Å². The Balaban J connectivity index is 1.46. The van der Waals surface area contributed by atoms with Gasteiger partial charge in [-0.25, -0.2) is 0 Å². The Hall–Kier alpha value is -3.53. The first-order valence-electron chi connectivity index (χ1n) is 14.5. The number of phenols is 5. The van der Waals surface area contributed by atoms with Crippen LogP contribution in [-0.2, 0) is 38.9 Å². The van der Waals surface area contributed by atoms with E-state index in [0.717, 1.165) is 0 Å². The molecule has 250 valence electrons. The van der Waals surface area contributed by atoms with Gasteiger partial charge in [-0.2, -0.15) is 0 Å². The summed E-state index contributed by atoms with van der Waals surface area (Å²) in [5.74, 6) is -0.647. The number of halogens is 5. The predicted octanol–water partition coefficient (Wildman–Crippen LogP) is 8.83. The van der Waals surface area contributed by atoms with E-state index in [2.05, 4.69) is 0 Å². The molecule has 0 atom stereocenters. The third-order valence-corrected chi connectivity index (χ3v) is 9.12. The molecule has 5 aromatic rings. The Labute approximate surface area is 301 Å². The van der Waals surface area contributed by atoms with Crippen molar-refractivity contribution in [2.45, 2.75) is 38.9 Å². The van der Waals surface area contributed by atoms with Crippen LogP contribution in [0.2, 0.25) is 25.1 Å². The lowest BCUT2D eigenvalue weighted by Gasteiger charge is -2.17. The highest BCUT2D eigenvalue weighted by Crippen LogP contribution is 2.40. The maximum atomic E-state index is 11.4. The van der Waals surface area contributed by atoms with Gasteiger partial charge in [-0.15, -0.1) is 0 Å². The van der Waals surface area contributed by atoms with Gasteiger partial charge in [0, 0.05) is 106 Å². The zero-order valence-corrected chi connectivity index (χ0v) is 28.8. The molecular formula is C36H29Cl5O7. The molecule has 0 aromatic heterocycles. The van der Waals surface area contributed by atoms with Crippen molar-refractivity contribution < 1.29 is 35.7 Å².